The van der Waals surface area contributed by atoms with Crippen molar-refractivity contribution in [1.82, 2.24) is 5.32 Å². The van der Waals surface area contributed by atoms with E-state index in [9.17, 15) is 9.90 Å². The van der Waals surface area contributed by atoms with Gasteiger partial charge in [-0.3, -0.25) is 4.79 Å². The van der Waals surface area contributed by atoms with Crippen LogP contribution >= 0.6 is 15.9 Å². The molecule has 1 amide bonds. The summed E-state index contributed by atoms with van der Waals surface area (Å²) in [4.78, 5) is 12.0. The average Bonchev–Trinajstić information content (AvgIpc) is 2.50. The number of aliphatic hydroxyl groups is 1. The number of hydrogen-bond donors (Lipinski definition) is 2. The van der Waals surface area contributed by atoms with Crippen LogP contribution in [0.25, 0.3) is 0 Å². The van der Waals surface area contributed by atoms with Crippen LogP contribution in [0.4, 0.5) is 0 Å². The maximum atomic E-state index is 12.0. The van der Waals surface area contributed by atoms with Crippen molar-refractivity contribution in [3.8, 4) is 0 Å². The Labute approximate surface area is 145 Å². The van der Waals surface area contributed by atoms with Crippen LogP contribution in [0.5, 0.6) is 0 Å². The van der Waals surface area contributed by atoms with Crippen LogP contribution in [0.1, 0.15) is 24.5 Å². The van der Waals surface area contributed by atoms with Crippen LogP contribution in [0.2, 0.25) is 0 Å². The van der Waals surface area contributed by atoms with Gasteiger partial charge in [0.25, 0.3) is 0 Å². The standard InChI is InChI=1S/C19H22BrNO2/c1-14(11-16-9-5-6-10-18(16)20)21-19(23)13-17(22)12-15-7-3-2-4-8-15/h2-10,14,17,22H,11-13H2,1H3,(H,21,23)/t14-,17-/m1/s1. The van der Waals surface area contributed by atoms with Crippen molar-refractivity contribution in [3.63, 3.8) is 0 Å². The first-order chi connectivity index (χ1) is 11.0. The molecule has 0 radical (unpaired) electrons. The lowest BCUT2D eigenvalue weighted by molar-refractivity contribution is -0.123. The molecule has 0 aromatic heterocycles. The summed E-state index contributed by atoms with van der Waals surface area (Å²) in [7, 11) is 0. The fourth-order valence-corrected chi connectivity index (χ4v) is 3.00. The van der Waals surface area contributed by atoms with Crippen molar-refractivity contribution in [2.45, 2.75) is 38.3 Å². The number of benzene rings is 2. The molecule has 0 unspecified atom stereocenters. The summed E-state index contributed by atoms with van der Waals surface area (Å²) in [6.45, 7) is 1.97. The van der Waals surface area contributed by atoms with Crippen molar-refractivity contribution >= 4 is 21.8 Å². The number of rotatable bonds is 7. The van der Waals surface area contributed by atoms with Gasteiger partial charge in [-0.05, 0) is 37.0 Å². The van der Waals surface area contributed by atoms with Crippen LogP contribution in [-0.2, 0) is 17.6 Å². The van der Waals surface area contributed by atoms with Gasteiger partial charge in [0.05, 0.1) is 12.5 Å². The first-order valence-electron chi connectivity index (χ1n) is 7.79. The molecule has 0 aliphatic rings. The van der Waals surface area contributed by atoms with Gasteiger partial charge in [0, 0.05) is 10.5 Å². The fourth-order valence-electron chi connectivity index (χ4n) is 2.55. The molecule has 122 valence electrons. The first-order valence-corrected chi connectivity index (χ1v) is 8.58. The monoisotopic (exact) mass is 375 g/mol. The van der Waals surface area contributed by atoms with Gasteiger partial charge in [0.2, 0.25) is 5.91 Å². The molecule has 2 atom stereocenters. The average molecular weight is 376 g/mol. The van der Waals surface area contributed by atoms with E-state index in [2.05, 4.69) is 21.2 Å². The van der Waals surface area contributed by atoms with E-state index in [1.54, 1.807) is 0 Å². The molecule has 2 aromatic rings. The van der Waals surface area contributed by atoms with Crippen molar-refractivity contribution in [2.24, 2.45) is 0 Å². The number of aliphatic hydroxyl groups excluding tert-OH is 1. The number of amides is 1. The molecule has 0 fully saturated rings. The van der Waals surface area contributed by atoms with E-state index in [0.717, 1.165) is 22.0 Å². The fraction of sp³-hybridized carbons (Fsp3) is 0.316. The largest absolute Gasteiger partial charge is 0.392 e. The Kier molecular flexibility index (Phi) is 6.81. The van der Waals surface area contributed by atoms with Crippen LogP contribution in [0.15, 0.2) is 59.1 Å². The van der Waals surface area contributed by atoms with Crippen LogP contribution in [0.3, 0.4) is 0 Å². The molecule has 0 saturated heterocycles. The first kappa shape index (κ1) is 17.7. The maximum absolute atomic E-state index is 12.0. The summed E-state index contributed by atoms with van der Waals surface area (Å²) in [5, 5.41) is 13.0. The van der Waals surface area contributed by atoms with Crippen molar-refractivity contribution < 1.29 is 9.90 Å². The minimum absolute atomic E-state index is 0.0186. The van der Waals surface area contributed by atoms with Gasteiger partial charge in [-0.1, -0.05) is 64.5 Å². The summed E-state index contributed by atoms with van der Waals surface area (Å²) in [5.74, 6) is -0.118. The van der Waals surface area contributed by atoms with Gasteiger partial charge >= 0.3 is 0 Å². The molecule has 0 heterocycles. The highest BCUT2D eigenvalue weighted by molar-refractivity contribution is 9.10. The Bertz CT molecular complexity index is 630. The summed E-state index contributed by atoms with van der Waals surface area (Å²) in [6, 6.07) is 17.7. The minimum atomic E-state index is -0.659. The minimum Gasteiger partial charge on any atom is -0.392 e. The molecule has 0 bridgehead atoms. The van der Waals surface area contributed by atoms with Gasteiger partial charge in [-0.25, -0.2) is 0 Å². The van der Waals surface area contributed by atoms with Gasteiger partial charge in [0.15, 0.2) is 0 Å². The van der Waals surface area contributed by atoms with Crippen LogP contribution in [0, 0.1) is 0 Å². The lowest BCUT2D eigenvalue weighted by Gasteiger charge is -2.16. The smallest absolute Gasteiger partial charge is 0.222 e. The molecule has 0 aliphatic heterocycles. The molecule has 23 heavy (non-hydrogen) atoms. The SMILES string of the molecule is C[C@H](Cc1ccccc1Br)NC(=O)C[C@H](O)Cc1ccccc1. The van der Waals surface area contributed by atoms with E-state index in [0.29, 0.717) is 6.42 Å². The van der Waals surface area contributed by atoms with Gasteiger partial charge in [0.1, 0.15) is 0 Å². The lowest BCUT2D eigenvalue weighted by Crippen LogP contribution is -2.36. The van der Waals surface area contributed by atoms with E-state index in [-0.39, 0.29) is 18.4 Å². The Hall–Kier alpha value is -1.65. The molecule has 2 aromatic carbocycles. The molecule has 2 N–H and O–H groups in total. The van der Waals surface area contributed by atoms with E-state index < -0.39 is 6.10 Å². The maximum Gasteiger partial charge on any atom is 0.222 e. The predicted octanol–water partition coefficient (Wildman–Crippen LogP) is 3.49. The highest BCUT2D eigenvalue weighted by Gasteiger charge is 2.14. The normalized spacial score (nSPS) is 13.3. The van der Waals surface area contributed by atoms with Crippen molar-refractivity contribution in [2.75, 3.05) is 0 Å². The molecule has 0 spiro atoms. The summed E-state index contributed by atoms with van der Waals surface area (Å²) >= 11 is 3.52. The van der Waals surface area contributed by atoms with Crippen molar-refractivity contribution in [1.29, 1.82) is 0 Å². The van der Waals surface area contributed by atoms with E-state index in [1.165, 1.54) is 0 Å². The van der Waals surface area contributed by atoms with E-state index in [1.807, 2.05) is 61.5 Å². The summed E-state index contributed by atoms with van der Waals surface area (Å²) in [6.07, 6.45) is 0.706. The number of hydrogen-bond acceptors (Lipinski definition) is 2. The Morgan fingerprint density at radius 2 is 1.74 bits per heavy atom. The second kappa shape index (κ2) is 8.85. The van der Waals surface area contributed by atoms with E-state index in [4.69, 9.17) is 0 Å². The molecular weight excluding hydrogens is 354 g/mol. The molecule has 3 nitrogen and oxygen atoms in total. The second-order valence-electron chi connectivity index (χ2n) is 5.81. The third kappa shape index (κ3) is 6.16. The van der Waals surface area contributed by atoms with Gasteiger partial charge in [-0.15, -0.1) is 0 Å². The Morgan fingerprint density at radius 3 is 2.43 bits per heavy atom. The molecule has 0 aliphatic carbocycles. The Morgan fingerprint density at radius 1 is 1.09 bits per heavy atom. The number of carbonyl (C=O) groups is 1. The second-order valence-corrected chi connectivity index (χ2v) is 6.67. The van der Waals surface area contributed by atoms with Gasteiger partial charge in [-0.2, -0.15) is 0 Å². The molecule has 2 rings (SSSR count). The molecule has 4 heteroatoms. The van der Waals surface area contributed by atoms with Crippen LogP contribution < -0.4 is 5.32 Å². The van der Waals surface area contributed by atoms with Gasteiger partial charge < -0.3 is 10.4 Å². The van der Waals surface area contributed by atoms with E-state index >= 15 is 0 Å². The zero-order chi connectivity index (χ0) is 16.7. The number of nitrogens with one attached hydrogen (secondary N) is 1. The number of carbonyl (C=O) groups excluding carboxylic acids is 1. The zero-order valence-corrected chi connectivity index (χ0v) is 14.8. The highest BCUT2D eigenvalue weighted by Crippen LogP contribution is 2.17. The number of halogens is 1. The molecule has 0 saturated carbocycles. The third-order valence-electron chi connectivity index (χ3n) is 3.63. The molecular formula is C19H22BrNO2. The lowest BCUT2D eigenvalue weighted by atomic mass is 10.0. The predicted molar refractivity (Wildman–Crippen MR) is 96.2 cm³/mol. The Balaban J connectivity index is 1.78. The van der Waals surface area contributed by atoms with Crippen molar-refractivity contribution in [3.05, 3.63) is 70.2 Å². The quantitative estimate of drug-likeness (QED) is 0.777. The summed E-state index contributed by atoms with van der Waals surface area (Å²) in [5.41, 5.74) is 2.19. The summed E-state index contributed by atoms with van der Waals surface area (Å²) < 4.78 is 1.05. The highest BCUT2D eigenvalue weighted by atomic mass is 79.9. The topological polar surface area (TPSA) is 49.3 Å². The van der Waals surface area contributed by atoms with Crippen LogP contribution in [-0.4, -0.2) is 23.2 Å². The third-order valence-corrected chi connectivity index (χ3v) is 4.40. The zero-order valence-electron chi connectivity index (χ0n) is 13.2.